The van der Waals surface area contributed by atoms with Gasteiger partial charge in [-0.1, -0.05) is 164 Å². The summed E-state index contributed by atoms with van der Waals surface area (Å²) in [4.78, 5) is 10.7. The van der Waals surface area contributed by atoms with E-state index in [1.165, 1.54) is 66.1 Å². The molecule has 13 rings (SSSR count). The van der Waals surface area contributed by atoms with E-state index in [4.69, 9.17) is 9.97 Å². The van der Waals surface area contributed by atoms with Gasteiger partial charge in [0.15, 0.2) is 0 Å². The third kappa shape index (κ3) is 4.32. The first-order chi connectivity index (χ1) is 29.3. The Kier molecular flexibility index (Phi) is 6.62. The Labute approximate surface area is 339 Å². The third-order valence-corrected chi connectivity index (χ3v) is 12.8. The second-order valence-corrected chi connectivity index (χ2v) is 15.7. The number of hydrogen-bond acceptors (Lipinski definition) is 2. The van der Waals surface area contributed by atoms with Gasteiger partial charge in [0, 0.05) is 21.5 Å². The molecule has 0 amide bonds. The van der Waals surface area contributed by atoms with Crippen LogP contribution < -0.4 is 0 Å². The first kappa shape index (κ1) is 32.3. The molecule has 0 saturated carbocycles. The molecule has 0 spiro atoms. The number of nitrogens with zero attached hydrogens (tertiary/aromatic N) is 4. The Hall–Kier alpha value is -7.82. The minimum Gasteiger partial charge on any atom is -0.278 e. The maximum absolute atomic E-state index is 5.47. The SMILES string of the molecule is c1ccc(C2(c3ccccc3)c3ccccc3-c3ccc(-c4cc5c6ccccc6n(-c6nc7ccccc7c7nc8ccccc8n67)c5c5ccccc45)cc32)cc1. The van der Waals surface area contributed by atoms with Crippen LogP contribution >= 0.6 is 0 Å². The average Bonchev–Trinajstić information content (AvgIpc) is 3.96. The molecule has 3 heterocycles. The maximum atomic E-state index is 5.47. The van der Waals surface area contributed by atoms with E-state index in [0.717, 1.165) is 44.6 Å². The highest BCUT2D eigenvalue weighted by molar-refractivity contribution is 6.22. The third-order valence-electron chi connectivity index (χ3n) is 12.8. The van der Waals surface area contributed by atoms with Crippen LogP contribution in [0.2, 0.25) is 0 Å². The molecule has 59 heavy (non-hydrogen) atoms. The van der Waals surface area contributed by atoms with Crippen molar-refractivity contribution in [3.05, 3.63) is 229 Å². The van der Waals surface area contributed by atoms with E-state index < -0.39 is 5.41 Å². The minimum atomic E-state index is -0.485. The van der Waals surface area contributed by atoms with E-state index in [9.17, 15) is 0 Å². The van der Waals surface area contributed by atoms with Gasteiger partial charge in [0.2, 0.25) is 5.95 Å². The molecule has 1 aliphatic carbocycles. The van der Waals surface area contributed by atoms with Gasteiger partial charge in [-0.2, -0.15) is 0 Å². The molecule has 274 valence electrons. The average molecular weight is 751 g/mol. The van der Waals surface area contributed by atoms with Crippen LogP contribution in [0.5, 0.6) is 0 Å². The van der Waals surface area contributed by atoms with Crippen LogP contribution in [-0.2, 0) is 5.41 Å². The van der Waals surface area contributed by atoms with E-state index in [0.29, 0.717) is 0 Å². The number of hydrogen-bond donors (Lipinski definition) is 0. The molecular formula is C55H34N4. The number of para-hydroxylation sites is 4. The van der Waals surface area contributed by atoms with Crippen molar-refractivity contribution in [1.29, 1.82) is 0 Å². The number of benzene rings is 9. The Balaban J connectivity index is 1.14. The second-order valence-electron chi connectivity index (χ2n) is 15.7. The normalized spacial score (nSPS) is 13.2. The van der Waals surface area contributed by atoms with E-state index in [1.807, 2.05) is 0 Å². The van der Waals surface area contributed by atoms with Crippen LogP contribution in [0.3, 0.4) is 0 Å². The molecular weight excluding hydrogens is 717 g/mol. The Bertz CT molecular complexity index is 3630. The van der Waals surface area contributed by atoms with Gasteiger partial charge in [-0.05, 0) is 92.4 Å². The summed E-state index contributed by atoms with van der Waals surface area (Å²) < 4.78 is 4.62. The molecule has 3 aromatic heterocycles. The Morgan fingerprint density at radius 3 is 1.75 bits per heavy atom. The van der Waals surface area contributed by atoms with Crippen LogP contribution in [0.1, 0.15) is 22.3 Å². The molecule has 0 unspecified atom stereocenters. The van der Waals surface area contributed by atoms with E-state index in [1.54, 1.807) is 0 Å². The fourth-order valence-corrected chi connectivity index (χ4v) is 10.4. The molecule has 0 aliphatic heterocycles. The summed E-state index contributed by atoms with van der Waals surface area (Å²) in [6.45, 7) is 0. The van der Waals surface area contributed by atoms with Crippen LogP contribution in [0.25, 0.3) is 88.4 Å². The fraction of sp³-hybridized carbons (Fsp3) is 0.0182. The predicted octanol–water partition coefficient (Wildman–Crippen LogP) is 13.3. The van der Waals surface area contributed by atoms with Gasteiger partial charge >= 0.3 is 0 Å². The highest BCUT2D eigenvalue weighted by Crippen LogP contribution is 2.57. The summed E-state index contributed by atoms with van der Waals surface area (Å²) in [6, 6.07) is 75.1. The van der Waals surface area contributed by atoms with Crippen LogP contribution in [0, 0.1) is 0 Å². The predicted molar refractivity (Wildman–Crippen MR) is 243 cm³/mol. The van der Waals surface area contributed by atoms with Gasteiger partial charge in [-0.25, -0.2) is 9.97 Å². The molecule has 4 heteroatoms. The van der Waals surface area contributed by atoms with Crippen molar-refractivity contribution in [1.82, 2.24) is 18.9 Å². The largest absolute Gasteiger partial charge is 0.278 e. The van der Waals surface area contributed by atoms with E-state index >= 15 is 0 Å². The van der Waals surface area contributed by atoms with Crippen molar-refractivity contribution < 1.29 is 0 Å². The van der Waals surface area contributed by atoms with Crippen molar-refractivity contribution in [3.63, 3.8) is 0 Å². The smallest absolute Gasteiger partial charge is 0.221 e. The molecule has 1 aliphatic rings. The van der Waals surface area contributed by atoms with Crippen molar-refractivity contribution in [2.75, 3.05) is 0 Å². The summed E-state index contributed by atoms with van der Waals surface area (Å²) in [5.74, 6) is 0.822. The van der Waals surface area contributed by atoms with Gasteiger partial charge in [0.1, 0.15) is 5.65 Å². The van der Waals surface area contributed by atoms with Crippen molar-refractivity contribution in [3.8, 4) is 28.2 Å². The monoisotopic (exact) mass is 750 g/mol. The maximum Gasteiger partial charge on any atom is 0.221 e. The molecule has 0 bridgehead atoms. The van der Waals surface area contributed by atoms with Crippen LogP contribution in [0.4, 0.5) is 0 Å². The van der Waals surface area contributed by atoms with Gasteiger partial charge in [0.05, 0.1) is 33.0 Å². The molecule has 12 aromatic rings. The zero-order chi connectivity index (χ0) is 38.7. The number of aromatic nitrogens is 4. The van der Waals surface area contributed by atoms with Crippen molar-refractivity contribution >= 4 is 60.2 Å². The van der Waals surface area contributed by atoms with Gasteiger partial charge in [-0.15, -0.1) is 0 Å². The van der Waals surface area contributed by atoms with Crippen molar-refractivity contribution in [2.24, 2.45) is 0 Å². The van der Waals surface area contributed by atoms with E-state index in [2.05, 4.69) is 215 Å². The zero-order valence-electron chi connectivity index (χ0n) is 31.9. The standard InChI is InChI=1S/C55H34N4/c1-3-17-36(18-4-1)55(37-19-5-2-6-20-37)46-26-12-9-22-39(46)40-32-31-35(33-47(40)55)44-34-45-41-23-11-15-29-50(41)58(52(45)42-24-8-7-21-38(42)44)54-57-48-27-13-10-25-43(48)53-56-49-28-14-16-30-51(49)59(53)54/h1-34H. The molecule has 4 nitrogen and oxygen atoms in total. The van der Waals surface area contributed by atoms with Crippen LogP contribution in [-0.4, -0.2) is 18.9 Å². The van der Waals surface area contributed by atoms with Crippen LogP contribution in [0.15, 0.2) is 206 Å². The summed E-state index contributed by atoms with van der Waals surface area (Å²) >= 11 is 0. The summed E-state index contributed by atoms with van der Waals surface area (Å²) in [5, 5.41) is 5.75. The number of fused-ring (bicyclic) bond motifs is 13. The van der Waals surface area contributed by atoms with Gasteiger partial charge < -0.3 is 0 Å². The van der Waals surface area contributed by atoms with Gasteiger partial charge in [0.25, 0.3) is 0 Å². The molecule has 0 saturated heterocycles. The van der Waals surface area contributed by atoms with Crippen molar-refractivity contribution in [2.45, 2.75) is 5.41 Å². The highest BCUT2D eigenvalue weighted by atomic mass is 15.2. The zero-order valence-corrected chi connectivity index (χ0v) is 31.9. The molecule has 0 fully saturated rings. The second kappa shape index (κ2) is 12.1. The lowest BCUT2D eigenvalue weighted by Crippen LogP contribution is -2.28. The minimum absolute atomic E-state index is 0.485. The molecule has 0 N–H and O–H groups in total. The number of imidazole rings is 1. The Morgan fingerprint density at radius 1 is 0.373 bits per heavy atom. The quantitative estimate of drug-likeness (QED) is 0.180. The number of rotatable bonds is 4. The first-order valence-electron chi connectivity index (χ1n) is 20.3. The molecule has 9 aromatic carbocycles. The molecule has 0 radical (unpaired) electrons. The summed E-state index contributed by atoms with van der Waals surface area (Å²) in [7, 11) is 0. The summed E-state index contributed by atoms with van der Waals surface area (Å²) in [5.41, 5.74) is 15.6. The highest BCUT2D eigenvalue weighted by Gasteiger charge is 2.46. The lowest BCUT2D eigenvalue weighted by molar-refractivity contribution is 0.769. The topological polar surface area (TPSA) is 35.1 Å². The molecule has 0 atom stereocenters. The Morgan fingerprint density at radius 2 is 0.966 bits per heavy atom. The fourth-order valence-electron chi connectivity index (χ4n) is 10.4. The lowest BCUT2D eigenvalue weighted by atomic mass is 9.67. The van der Waals surface area contributed by atoms with E-state index in [-0.39, 0.29) is 0 Å². The summed E-state index contributed by atoms with van der Waals surface area (Å²) in [6.07, 6.45) is 0. The lowest BCUT2D eigenvalue weighted by Gasteiger charge is -2.34. The first-order valence-corrected chi connectivity index (χ1v) is 20.3. The van der Waals surface area contributed by atoms with Gasteiger partial charge in [-0.3, -0.25) is 8.97 Å².